The van der Waals surface area contributed by atoms with E-state index in [2.05, 4.69) is 0 Å². The summed E-state index contributed by atoms with van der Waals surface area (Å²) in [4.78, 5) is 0. The fraction of sp³-hybridized carbons (Fsp3) is 1.00. The molecule has 0 saturated carbocycles. The van der Waals surface area contributed by atoms with Crippen LogP contribution in [0.15, 0.2) is 0 Å². The van der Waals surface area contributed by atoms with E-state index in [-0.39, 0.29) is 25.0 Å². The fourth-order valence-electron chi connectivity index (χ4n) is 1.64. The van der Waals surface area contributed by atoms with Gasteiger partial charge in [-0.25, -0.2) is 0 Å². The topological polar surface area (TPSA) is 94.1 Å². The van der Waals surface area contributed by atoms with Gasteiger partial charge in [-0.1, -0.05) is 0 Å². The van der Waals surface area contributed by atoms with Crippen LogP contribution in [0.1, 0.15) is 13.8 Å². The lowest BCUT2D eigenvalue weighted by Crippen LogP contribution is -2.50. The zero-order chi connectivity index (χ0) is 17.9. The van der Waals surface area contributed by atoms with Crippen LogP contribution in [0.3, 0.4) is 0 Å². The first-order valence-corrected chi connectivity index (χ1v) is 10.7. The number of aliphatic hydroxyl groups excluding tert-OH is 1. The molecule has 0 fully saturated rings. The Bertz CT molecular complexity index is 284. The predicted octanol–water partition coefficient (Wildman–Crippen LogP) is -0.0488. The standard InChI is InChI=1S/C12H30O9Si2/c1-11(9-20-22(10-13,14-3)15-4)19-8-12(2)21-23(16-5,17-6)18-7/h11-13H,8-10H2,1-7H3. The maximum atomic E-state index is 9.31. The summed E-state index contributed by atoms with van der Waals surface area (Å²) in [6.45, 7) is 4.18. The van der Waals surface area contributed by atoms with Crippen LogP contribution in [-0.4, -0.2) is 90.2 Å². The second kappa shape index (κ2) is 11.6. The minimum atomic E-state index is -3.10. The van der Waals surface area contributed by atoms with Crippen LogP contribution < -0.4 is 0 Å². The van der Waals surface area contributed by atoms with Crippen molar-refractivity contribution in [3.63, 3.8) is 0 Å². The average molecular weight is 375 g/mol. The minimum Gasteiger partial charge on any atom is -0.392 e. The third-order valence-electron chi connectivity index (χ3n) is 3.06. The van der Waals surface area contributed by atoms with Crippen molar-refractivity contribution < 1.29 is 40.8 Å². The molecule has 0 amide bonds. The lowest BCUT2D eigenvalue weighted by atomic mass is 10.4. The highest BCUT2D eigenvalue weighted by atomic mass is 28.4. The van der Waals surface area contributed by atoms with Crippen LogP contribution in [0.5, 0.6) is 0 Å². The molecule has 9 nitrogen and oxygen atoms in total. The molecule has 140 valence electrons. The third kappa shape index (κ3) is 7.66. The molecule has 1 N–H and O–H groups in total. The molecule has 2 unspecified atom stereocenters. The van der Waals surface area contributed by atoms with Crippen molar-refractivity contribution in [2.24, 2.45) is 0 Å². The van der Waals surface area contributed by atoms with E-state index in [9.17, 15) is 5.11 Å². The molecule has 0 rings (SSSR count). The Morgan fingerprint density at radius 1 is 0.783 bits per heavy atom. The smallest absolute Gasteiger partial charge is 0.392 e. The van der Waals surface area contributed by atoms with Crippen molar-refractivity contribution in [3.8, 4) is 0 Å². The van der Waals surface area contributed by atoms with Crippen molar-refractivity contribution in [1.29, 1.82) is 0 Å². The summed E-state index contributed by atoms with van der Waals surface area (Å²) in [5, 5.41) is 9.31. The number of rotatable bonds is 14. The van der Waals surface area contributed by atoms with Gasteiger partial charge >= 0.3 is 17.9 Å². The Labute approximate surface area is 140 Å². The Morgan fingerprint density at radius 2 is 1.30 bits per heavy atom. The van der Waals surface area contributed by atoms with E-state index < -0.39 is 17.9 Å². The van der Waals surface area contributed by atoms with Crippen molar-refractivity contribution in [3.05, 3.63) is 0 Å². The van der Waals surface area contributed by atoms with Crippen LogP contribution in [0, 0.1) is 0 Å². The van der Waals surface area contributed by atoms with Gasteiger partial charge < -0.3 is 40.8 Å². The van der Waals surface area contributed by atoms with Crippen molar-refractivity contribution in [2.45, 2.75) is 26.1 Å². The lowest BCUT2D eigenvalue weighted by Gasteiger charge is -2.28. The van der Waals surface area contributed by atoms with Crippen LogP contribution in [0.25, 0.3) is 0 Å². The van der Waals surface area contributed by atoms with Crippen LogP contribution in [0.4, 0.5) is 0 Å². The normalized spacial score (nSPS) is 15.7. The Hall–Kier alpha value is 0.0738. The molecule has 11 heteroatoms. The first-order valence-electron chi connectivity index (χ1n) is 7.16. The molecule has 0 aliphatic heterocycles. The zero-order valence-electron chi connectivity index (χ0n) is 15.0. The quantitative estimate of drug-likeness (QED) is 0.420. The molecule has 0 aliphatic carbocycles. The Kier molecular flexibility index (Phi) is 11.6. The van der Waals surface area contributed by atoms with Gasteiger partial charge in [0.25, 0.3) is 0 Å². The summed E-state index contributed by atoms with van der Waals surface area (Å²) in [6, 6.07) is 0. The highest BCUT2D eigenvalue weighted by Crippen LogP contribution is 2.12. The zero-order valence-corrected chi connectivity index (χ0v) is 17.0. The minimum absolute atomic E-state index is 0.225. The number of hydrogen-bond donors (Lipinski definition) is 1. The summed E-state index contributed by atoms with van der Waals surface area (Å²) < 4.78 is 42.7. The molecule has 2 atom stereocenters. The summed E-state index contributed by atoms with van der Waals surface area (Å²) in [5.41, 5.74) is 0. The lowest BCUT2D eigenvalue weighted by molar-refractivity contribution is -0.0652. The van der Waals surface area contributed by atoms with Gasteiger partial charge in [-0.2, -0.15) is 0 Å². The molecule has 23 heavy (non-hydrogen) atoms. The van der Waals surface area contributed by atoms with E-state index in [1.165, 1.54) is 35.5 Å². The first kappa shape index (κ1) is 23.1. The molecule has 0 heterocycles. The number of hydrogen-bond acceptors (Lipinski definition) is 9. The van der Waals surface area contributed by atoms with Gasteiger partial charge in [-0.05, 0) is 13.8 Å². The van der Waals surface area contributed by atoms with Crippen LogP contribution in [0.2, 0.25) is 0 Å². The third-order valence-corrected chi connectivity index (χ3v) is 7.49. The van der Waals surface area contributed by atoms with Gasteiger partial charge in [0.15, 0.2) is 0 Å². The molecule has 0 aromatic heterocycles. The van der Waals surface area contributed by atoms with E-state index in [1.54, 1.807) is 0 Å². The molecule has 0 aromatic carbocycles. The van der Waals surface area contributed by atoms with E-state index in [0.717, 1.165) is 0 Å². The highest BCUT2D eigenvalue weighted by molar-refractivity contribution is 6.60. The Morgan fingerprint density at radius 3 is 1.70 bits per heavy atom. The second-order valence-electron chi connectivity index (χ2n) is 4.75. The van der Waals surface area contributed by atoms with Crippen LogP contribution >= 0.6 is 0 Å². The van der Waals surface area contributed by atoms with Crippen molar-refractivity contribution in [2.75, 3.05) is 55.0 Å². The second-order valence-corrected chi connectivity index (χ2v) is 9.99. The molecule has 0 radical (unpaired) electrons. The van der Waals surface area contributed by atoms with E-state index >= 15 is 0 Å². The molecule has 0 spiro atoms. The highest BCUT2D eigenvalue weighted by Gasteiger charge is 2.44. The van der Waals surface area contributed by atoms with Gasteiger partial charge in [0.1, 0.15) is 6.23 Å². The van der Waals surface area contributed by atoms with Gasteiger partial charge in [0, 0.05) is 35.5 Å². The summed E-state index contributed by atoms with van der Waals surface area (Å²) >= 11 is 0. The summed E-state index contributed by atoms with van der Waals surface area (Å²) in [7, 11) is 1.20. The number of aliphatic hydroxyl groups is 1. The van der Waals surface area contributed by atoms with Gasteiger partial charge in [0.2, 0.25) is 0 Å². The van der Waals surface area contributed by atoms with E-state index in [0.29, 0.717) is 6.61 Å². The van der Waals surface area contributed by atoms with E-state index in [4.69, 9.17) is 35.7 Å². The van der Waals surface area contributed by atoms with Crippen molar-refractivity contribution in [1.82, 2.24) is 0 Å². The summed E-state index contributed by atoms with van der Waals surface area (Å²) in [5.74, 6) is 0. The Balaban J connectivity index is 4.25. The monoisotopic (exact) mass is 374 g/mol. The van der Waals surface area contributed by atoms with Crippen molar-refractivity contribution >= 4 is 17.9 Å². The largest absolute Gasteiger partial charge is 0.679 e. The molecule has 0 aliphatic rings. The van der Waals surface area contributed by atoms with Gasteiger partial charge in [0.05, 0.1) is 25.4 Å². The maximum absolute atomic E-state index is 9.31. The van der Waals surface area contributed by atoms with Gasteiger partial charge in [-0.3, -0.25) is 0 Å². The molecule has 0 aromatic rings. The molecule has 0 bridgehead atoms. The molecular formula is C12H30O9Si2. The fourth-order valence-corrected chi connectivity index (χ4v) is 4.23. The van der Waals surface area contributed by atoms with E-state index in [1.807, 2.05) is 13.8 Å². The molecular weight excluding hydrogens is 344 g/mol. The average Bonchev–Trinajstić information content (AvgIpc) is 2.59. The SMILES string of the molecule is CO[Si](CO)(OC)OCC(C)OCC(C)O[Si](OC)(OC)OC. The predicted molar refractivity (Wildman–Crippen MR) is 85.6 cm³/mol. The summed E-state index contributed by atoms with van der Waals surface area (Å²) in [6.07, 6.45) is -0.835. The van der Waals surface area contributed by atoms with Gasteiger partial charge in [-0.15, -0.1) is 0 Å². The maximum Gasteiger partial charge on any atom is 0.679 e. The van der Waals surface area contributed by atoms with Crippen LogP contribution in [-0.2, 0) is 35.7 Å². The number of ether oxygens (including phenoxy) is 1. The first-order chi connectivity index (χ1) is 10.9. The molecule has 0 saturated heterocycles.